The molecule has 1 unspecified atom stereocenters. The van der Waals surface area contributed by atoms with E-state index >= 15 is 0 Å². The molecule has 1 saturated heterocycles. The molecule has 1 aromatic carbocycles. The summed E-state index contributed by atoms with van der Waals surface area (Å²) in [5.41, 5.74) is -0.599. The van der Waals surface area contributed by atoms with Crippen LogP contribution in [0.5, 0.6) is 0 Å². The third-order valence-electron chi connectivity index (χ3n) is 4.92. The third-order valence-corrected chi connectivity index (χ3v) is 6.15. The van der Waals surface area contributed by atoms with E-state index in [1.54, 1.807) is 4.90 Å². The minimum atomic E-state index is -1.40. The summed E-state index contributed by atoms with van der Waals surface area (Å²) >= 11 is 0.996. The fourth-order valence-corrected chi connectivity index (χ4v) is 4.69. The first kappa shape index (κ1) is 17.3. The maximum absolute atomic E-state index is 14.7. The molecular formula is C17H16F2N2O4S. The smallest absolute Gasteiger partial charge is 0.342 e. The van der Waals surface area contributed by atoms with Crippen LogP contribution in [0.2, 0.25) is 0 Å². The average Bonchev–Trinajstić information content (AvgIpc) is 2.58. The van der Waals surface area contributed by atoms with Crippen molar-refractivity contribution in [3.05, 3.63) is 33.7 Å². The van der Waals surface area contributed by atoms with E-state index in [1.165, 1.54) is 10.6 Å². The van der Waals surface area contributed by atoms with Crippen molar-refractivity contribution in [2.45, 2.75) is 29.3 Å². The number of aromatic carboxylic acids is 1. The minimum absolute atomic E-state index is 0.0665. The number of anilines is 1. The molecule has 2 aliphatic rings. The van der Waals surface area contributed by atoms with E-state index in [2.05, 4.69) is 0 Å². The third kappa shape index (κ3) is 2.49. The van der Waals surface area contributed by atoms with Gasteiger partial charge in [-0.25, -0.2) is 13.6 Å². The molecule has 2 N–H and O–H groups in total. The number of hydrogen-bond donors (Lipinski definition) is 2. The van der Waals surface area contributed by atoms with Crippen molar-refractivity contribution < 1.29 is 23.8 Å². The predicted molar refractivity (Wildman–Crippen MR) is 93.4 cm³/mol. The monoisotopic (exact) mass is 382 g/mol. The molecular weight excluding hydrogens is 366 g/mol. The molecule has 3 heterocycles. The number of aliphatic hydroxyl groups excluding tert-OH is 1. The number of thioether (sulfide) groups is 1. The second-order valence-corrected chi connectivity index (χ2v) is 7.62. The summed E-state index contributed by atoms with van der Waals surface area (Å²) in [4.78, 5) is 25.8. The number of alkyl halides is 1. The van der Waals surface area contributed by atoms with Crippen LogP contribution in [0.15, 0.2) is 22.0 Å². The minimum Gasteiger partial charge on any atom is -0.477 e. The number of rotatable bonds is 3. The Morgan fingerprint density at radius 2 is 2.00 bits per heavy atom. The maximum Gasteiger partial charge on any atom is 0.342 e. The lowest BCUT2D eigenvalue weighted by Gasteiger charge is -2.35. The number of fused-ring (bicyclic) bond motifs is 3. The summed E-state index contributed by atoms with van der Waals surface area (Å²) in [5.74, 6) is -2.04. The lowest BCUT2D eigenvalue weighted by molar-refractivity contribution is 0.0689. The number of piperidine rings is 1. The van der Waals surface area contributed by atoms with Gasteiger partial charge in [0.2, 0.25) is 5.43 Å². The first-order chi connectivity index (χ1) is 12.4. The fraction of sp³-hybridized carbons (Fsp3) is 0.412. The van der Waals surface area contributed by atoms with E-state index in [1.807, 2.05) is 0 Å². The first-order valence-electron chi connectivity index (χ1n) is 8.23. The molecule has 1 atom stereocenters. The predicted octanol–water partition coefficient (Wildman–Crippen LogP) is 2.37. The van der Waals surface area contributed by atoms with Crippen LogP contribution in [0.3, 0.4) is 0 Å². The number of carboxylic acid groups (broad SMARTS) is 1. The zero-order chi connectivity index (χ0) is 18.6. The highest BCUT2D eigenvalue weighted by molar-refractivity contribution is 8.00. The van der Waals surface area contributed by atoms with Gasteiger partial charge in [-0.2, -0.15) is 0 Å². The molecule has 1 aromatic heterocycles. The highest BCUT2D eigenvalue weighted by atomic mass is 32.2. The van der Waals surface area contributed by atoms with Gasteiger partial charge in [0.15, 0.2) is 0 Å². The molecule has 0 radical (unpaired) electrons. The Hall–Kier alpha value is -2.13. The summed E-state index contributed by atoms with van der Waals surface area (Å²) in [6.07, 6.45) is 0.608. The van der Waals surface area contributed by atoms with Crippen LogP contribution in [-0.2, 0) is 0 Å². The average molecular weight is 382 g/mol. The van der Waals surface area contributed by atoms with Crippen molar-refractivity contribution in [2.75, 3.05) is 24.7 Å². The van der Waals surface area contributed by atoms with Gasteiger partial charge in [0, 0.05) is 18.5 Å². The molecule has 2 aromatic rings. The standard InChI is InChI=1S/C17H16F2N2O4S/c18-7-13-21-11-6-12(20-3-1-8(22)2-4-20)10(19)5-9(11)15(23)14(17(24)25)16(21)26-13/h5-6,8,13,22H,1-4,7H2,(H,24,25). The molecule has 0 bridgehead atoms. The van der Waals surface area contributed by atoms with Gasteiger partial charge in [0.1, 0.15) is 23.4 Å². The van der Waals surface area contributed by atoms with Gasteiger partial charge in [-0.15, -0.1) is 0 Å². The van der Waals surface area contributed by atoms with Crippen molar-refractivity contribution in [1.82, 2.24) is 4.57 Å². The molecule has 138 valence electrons. The van der Waals surface area contributed by atoms with Crippen LogP contribution < -0.4 is 10.3 Å². The van der Waals surface area contributed by atoms with Crippen LogP contribution in [0.4, 0.5) is 14.5 Å². The van der Waals surface area contributed by atoms with Gasteiger partial charge in [-0.05, 0) is 25.0 Å². The molecule has 9 heteroatoms. The van der Waals surface area contributed by atoms with Crippen molar-refractivity contribution in [2.24, 2.45) is 0 Å². The van der Waals surface area contributed by atoms with E-state index in [0.717, 1.165) is 17.8 Å². The zero-order valence-electron chi connectivity index (χ0n) is 13.6. The van der Waals surface area contributed by atoms with Gasteiger partial charge < -0.3 is 19.7 Å². The number of carboxylic acids is 1. The van der Waals surface area contributed by atoms with Crippen molar-refractivity contribution in [1.29, 1.82) is 0 Å². The van der Waals surface area contributed by atoms with E-state index in [4.69, 9.17) is 0 Å². The lowest BCUT2D eigenvalue weighted by atomic mass is 10.1. The summed E-state index contributed by atoms with van der Waals surface area (Å²) < 4.78 is 29.4. The largest absolute Gasteiger partial charge is 0.477 e. The van der Waals surface area contributed by atoms with Gasteiger partial charge in [-0.1, -0.05) is 11.8 Å². The Kier molecular flexibility index (Phi) is 4.15. The fourth-order valence-electron chi connectivity index (χ4n) is 3.57. The van der Waals surface area contributed by atoms with Crippen molar-refractivity contribution in [3.8, 4) is 0 Å². The Morgan fingerprint density at radius 3 is 2.62 bits per heavy atom. The molecule has 2 aliphatic heterocycles. The summed E-state index contributed by atoms with van der Waals surface area (Å²) in [7, 11) is 0. The molecule has 4 rings (SSSR count). The quantitative estimate of drug-likeness (QED) is 0.848. The number of aromatic nitrogens is 1. The van der Waals surface area contributed by atoms with Gasteiger partial charge in [0.05, 0.1) is 22.3 Å². The summed E-state index contributed by atoms with van der Waals surface area (Å²) in [6.45, 7) is 0.210. The molecule has 0 spiro atoms. The van der Waals surface area contributed by atoms with Crippen LogP contribution >= 0.6 is 11.8 Å². The number of aliphatic hydroxyl groups is 1. The van der Waals surface area contributed by atoms with Crippen LogP contribution in [0.1, 0.15) is 28.6 Å². The van der Waals surface area contributed by atoms with E-state index in [0.29, 0.717) is 31.4 Å². The van der Waals surface area contributed by atoms with E-state index in [9.17, 15) is 28.6 Å². The van der Waals surface area contributed by atoms with Crippen LogP contribution in [0.25, 0.3) is 10.9 Å². The number of nitrogens with zero attached hydrogens (tertiary/aromatic N) is 2. The second kappa shape index (κ2) is 6.24. The van der Waals surface area contributed by atoms with Crippen molar-refractivity contribution >= 4 is 34.3 Å². The summed E-state index contributed by atoms with van der Waals surface area (Å²) in [6, 6.07) is 2.53. The number of hydrogen-bond acceptors (Lipinski definition) is 5. The second-order valence-electron chi connectivity index (χ2n) is 6.45. The highest BCUT2D eigenvalue weighted by Crippen LogP contribution is 2.47. The summed E-state index contributed by atoms with van der Waals surface area (Å²) in [5, 5.41) is 18.5. The number of halogens is 2. The zero-order valence-corrected chi connectivity index (χ0v) is 14.4. The molecule has 6 nitrogen and oxygen atoms in total. The topological polar surface area (TPSA) is 82.8 Å². The normalized spacial score (nSPS) is 20.1. The first-order valence-corrected chi connectivity index (χ1v) is 9.11. The van der Waals surface area contributed by atoms with Gasteiger partial charge in [0.25, 0.3) is 0 Å². The molecule has 1 fully saturated rings. The number of carbonyl (C=O) groups is 1. The van der Waals surface area contributed by atoms with Gasteiger partial charge in [-0.3, -0.25) is 4.79 Å². The Balaban J connectivity index is 1.93. The molecule has 0 amide bonds. The van der Waals surface area contributed by atoms with Crippen molar-refractivity contribution in [3.63, 3.8) is 0 Å². The molecule has 0 aliphatic carbocycles. The molecule has 0 saturated carbocycles. The maximum atomic E-state index is 14.7. The number of pyridine rings is 1. The van der Waals surface area contributed by atoms with Crippen LogP contribution in [0, 0.1) is 5.82 Å². The number of benzene rings is 1. The van der Waals surface area contributed by atoms with E-state index in [-0.39, 0.29) is 16.1 Å². The van der Waals surface area contributed by atoms with Crippen LogP contribution in [-0.4, -0.2) is 46.6 Å². The Labute approximate surface area is 151 Å². The SMILES string of the molecule is O=C(O)c1c2n(c3cc(N4CCC(O)CC4)c(F)cc3c1=O)C(CF)S2. The van der Waals surface area contributed by atoms with E-state index < -0.39 is 40.9 Å². The highest BCUT2D eigenvalue weighted by Gasteiger charge is 2.35. The molecule has 26 heavy (non-hydrogen) atoms. The Bertz CT molecular complexity index is 970. The Morgan fingerprint density at radius 1 is 1.31 bits per heavy atom. The van der Waals surface area contributed by atoms with Gasteiger partial charge >= 0.3 is 5.97 Å². The lowest BCUT2D eigenvalue weighted by Crippen LogP contribution is -2.36.